The van der Waals surface area contributed by atoms with Gasteiger partial charge in [-0.15, -0.1) is 13.2 Å². The van der Waals surface area contributed by atoms with Crippen LogP contribution in [0.2, 0.25) is 0 Å². The van der Waals surface area contributed by atoms with Gasteiger partial charge in [0, 0.05) is 5.56 Å². The van der Waals surface area contributed by atoms with Gasteiger partial charge >= 0.3 is 18.4 Å². The smallest absolute Gasteiger partial charge is 0.485 e. The highest BCUT2D eigenvalue weighted by molar-refractivity contribution is 5.97. The summed E-state index contributed by atoms with van der Waals surface area (Å²) in [6.45, 7) is -0.585. The molecule has 1 heterocycles. The van der Waals surface area contributed by atoms with Crippen molar-refractivity contribution in [3.63, 3.8) is 0 Å². The lowest BCUT2D eigenvalue weighted by molar-refractivity contribution is -0.274. The summed E-state index contributed by atoms with van der Waals surface area (Å²) in [5.74, 6) is -4.52. The van der Waals surface area contributed by atoms with Crippen molar-refractivity contribution >= 4 is 5.78 Å². The van der Waals surface area contributed by atoms with Crippen LogP contribution in [0.4, 0.5) is 30.7 Å². The van der Waals surface area contributed by atoms with Crippen molar-refractivity contribution in [2.24, 2.45) is 0 Å². The Bertz CT molecular complexity index is 1080. The molecule has 6 nitrogen and oxygen atoms in total. The molecule has 2 aromatic carbocycles. The largest absolute Gasteiger partial charge is 0.573 e. The van der Waals surface area contributed by atoms with Crippen LogP contribution < -0.4 is 9.47 Å². The third-order valence-electron chi connectivity index (χ3n) is 3.63. The molecule has 0 aliphatic rings. The summed E-state index contributed by atoms with van der Waals surface area (Å²) in [5.41, 5.74) is -0.588. The van der Waals surface area contributed by atoms with Crippen LogP contribution in [-0.2, 0) is 6.18 Å². The van der Waals surface area contributed by atoms with Gasteiger partial charge in [0.25, 0.3) is 0 Å². The fourth-order valence-corrected chi connectivity index (χ4v) is 2.29. The number of nitrogens with zero attached hydrogens (tertiary/aromatic N) is 2. The average molecular weight is 450 g/mol. The molecule has 1 aromatic heterocycles. The van der Waals surface area contributed by atoms with Crippen molar-refractivity contribution in [2.75, 3.05) is 6.61 Å². The molecule has 3 rings (SSSR count). The number of halogens is 7. The molecule has 0 saturated heterocycles. The molecular formula is C18H9F7N2O4. The zero-order valence-corrected chi connectivity index (χ0v) is 14.9. The van der Waals surface area contributed by atoms with Crippen LogP contribution in [0.1, 0.15) is 16.2 Å². The fraction of sp³-hybridized carbons (Fsp3) is 0.167. The number of ether oxygens (including phenoxy) is 2. The molecule has 0 N–H and O–H groups in total. The highest BCUT2D eigenvalue weighted by Gasteiger charge is 2.38. The summed E-state index contributed by atoms with van der Waals surface area (Å²) >= 11 is 0. The Morgan fingerprint density at radius 2 is 1.61 bits per heavy atom. The molecule has 0 amide bonds. The van der Waals surface area contributed by atoms with Gasteiger partial charge in [0.1, 0.15) is 17.3 Å². The first-order valence-corrected chi connectivity index (χ1v) is 8.15. The van der Waals surface area contributed by atoms with Crippen LogP contribution in [0.5, 0.6) is 11.5 Å². The van der Waals surface area contributed by atoms with E-state index in [0.29, 0.717) is 0 Å². The Labute approximate surface area is 168 Å². The molecule has 3 aromatic rings. The van der Waals surface area contributed by atoms with E-state index in [1.807, 2.05) is 0 Å². The molecule has 164 valence electrons. The Balaban J connectivity index is 1.65. The Morgan fingerprint density at radius 1 is 0.968 bits per heavy atom. The summed E-state index contributed by atoms with van der Waals surface area (Å²) in [6, 6.07) is 7.08. The number of rotatable bonds is 6. The number of aromatic nitrogens is 2. The van der Waals surface area contributed by atoms with E-state index < -0.39 is 53.8 Å². The summed E-state index contributed by atoms with van der Waals surface area (Å²) in [7, 11) is 0. The van der Waals surface area contributed by atoms with E-state index in [9.17, 15) is 35.5 Å². The summed E-state index contributed by atoms with van der Waals surface area (Å²) < 4.78 is 101. The van der Waals surface area contributed by atoms with E-state index in [2.05, 4.69) is 19.4 Å². The highest BCUT2D eigenvalue weighted by atomic mass is 19.4. The second kappa shape index (κ2) is 8.24. The number of carbonyl (C=O) groups excluding carboxylic acids is 1. The highest BCUT2D eigenvalue weighted by Crippen LogP contribution is 2.30. The van der Waals surface area contributed by atoms with Crippen LogP contribution in [0.25, 0.3) is 11.4 Å². The molecule has 0 fully saturated rings. The number of hydrogen-bond acceptors (Lipinski definition) is 6. The predicted molar refractivity (Wildman–Crippen MR) is 87.6 cm³/mol. The first-order valence-electron chi connectivity index (χ1n) is 8.15. The molecule has 0 bridgehead atoms. The maximum absolute atomic E-state index is 14.2. The number of benzene rings is 2. The van der Waals surface area contributed by atoms with E-state index in [1.54, 1.807) is 0 Å². The van der Waals surface area contributed by atoms with E-state index >= 15 is 0 Å². The number of carbonyl (C=O) groups is 1. The minimum Gasteiger partial charge on any atom is -0.485 e. The maximum atomic E-state index is 14.2. The third kappa shape index (κ3) is 5.71. The summed E-state index contributed by atoms with van der Waals surface area (Å²) in [5, 5.41) is 3.06. The van der Waals surface area contributed by atoms with Crippen LogP contribution >= 0.6 is 0 Å². The molecular weight excluding hydrogens is 441 g/mol. The third-order valence-corrected chi connectivity index (χ3v) is 3.63. The lowest BCUT2D eigenvalue weighted by Crippen LogP contribution is -2.17. The van der Waals surface area contributed by atoms with Gasteiger partial charge in [0.15, 0.2) is 12.4 Å². The van der Waals surface area contributed by atoms with Crippen molar-refractivity contribution in [1.82, 2.24) is 10.1 Å². The Kier molecular flexibility index (Phi) is 5.86. The van der Waals surface area contributed by atoms with Crippen LogP contribution in [0.15, 0.2) is 47.0 Å². The lowest BCUT2D eigenvalue weighted by atomic mass is 10.1. The maximum Gasteiger partial charge on any atom is 0.573 e. The molecule has 0 spiro atoms. The predicted octanol–water partition coefficient (Wildman–Crippen LogP) is 5.05. The van der Waals surface area contributed by atoms with Crippen molar-refractivity contribution in [3.05, 3.63) is 59.7 Å². The van der Waals surface area contributed by atoms with E-state index in [0.717, 1.165) is 42.5 Å². The molecule has 31 heavy (non-hydrogen) atoms. The standard InChI is InChI=1S/C18H9F7N2O4/c19-13-7-9(1-6-12(13)15-26-16(31-27-15)17(20,21)22)14(28)8-29-10-2-4-11(5-3-10)30-18(23,24)25/h1-7H,8H2. The monoisotopic (exact) mass is 450 g/mol. The second-order valence-corrected chi connectivity index (χ2v) is 5.85. The topological polar surface area (TPSA) is 74.5 Å². The van der Waals surface area contributed by atoms with E-state index in [-0.39, 0.29) is 11.3 Å². The first kappa shape index (κ1) is 22.1. The SMILES string of the molecule is O=C(COc1ccc(OC(F)(F)F)cc1)c1ccc(-c2noc(C(F)(F)F)n2)c(F)c1. The Morgan fingerprint density at radius 3 is 2.16 bits per heavy atom. The normalized spacial score (nSPS) is 12.0. The molecule has 0 saturated carbocycles. The second-order valence-electron chi connectivity index (χ2n) is 5.85. The van der Waals surface area contributed by atoms with E-state index in [4.69, 9.17) is 4.74 Å². The van der Waals surface area contributed by atoms with Gasteiger partial charge in [-0.25, -0.2) is 4.39 Å². The Hall–Kier alpha value is -3.64. The van der Waals surface area contributed by atoms with Crippen molar-refractivity contribution in [3.8, 4) is 22.9 Å². The molecule has 0 aliphatic carbocycles. The molecule has 0 radical (unpaired) electrons. The lowest BCUT2D eigenvalue weighted by Gasteiger charge is -2.10. The number of hydrogen-bond donors (Lipinski definition) is 0. The molecule has 0 unspecified atom stereocenters. The van der Waals surface area contributed by atoms with Crippen LogP contribution in [0.3, 0.4) is 0 Å². The fourth-order valence-electron chi connectivity index (χ4n) is 2.29. The van der Waals surface area contributed by atoms with Gasteiger partial charge in [-0.05, 0) is 36.4 Å². The van der Waals surface area contributed by atoms with Gasteiger partial charge in [-0.1, -0.05) is 11.2 Å². The van der Waals surface area contributed by atoms with Crippen molar-refractivity contribution in [1.29, 1.82) is 0 Å². The summed E-state index contributed by atoms with van der Waals surface area (Å²) in [4.78, 5) is 15.2. The molecule has 0 aliphatic heterocycles. The first-order chi connectivity index (χ1) is 14.4. The van der Waals surface area contributed by atoms with Crippen molar-refractivity contribution in [2.45, 2.75) is 12.5 Å². The molecule has 13 heteroatoms. The number of Topliss-reactive ketones (excluding diaryl/α,β-unsaturated/α-hetero) is 1. The van der Waals surface area contributed by atoms with Gasteiger partial charge < -0.3 is 14.0 Å². The van der Waals surface area contributed by atoms with Gasteiger partial charge in [-0.2, -0.15) is 18.2 Å². The number of ketones is 1. The van der Waals surface area contributed by atoms with Gasteiger partial charge in [0.05, 0.1) is 5.56 Å². The molecule has 0 atom stereocenters. The van der Waals surface area contributed by atoms with Crippen LogP contribution in [-0.4, -0.2) is 28.9 Å². The minimum absolute atomic E-state index is 0.0476. The minimum atomic E-state index is -4.90. The van der Waals surface area contributed by atoms with Gasteiger partial charge in [-0.3, -0.25) is 4.79 Å². The summed E-state index contributed by atoms with van der Waals surface area (Å²) in [6.07, 6.45) is -9.75. The zero-order chi connectivity index (χ0) is 22.8. The van der Waals surface area contributed by atoms with Crippen LogP contribution in [0, 0.1) is 5.82 Å². The van der Waals surface area contributed by atoms with E-state index in [1.165, 1.54) is 0 Å². The average Bonchev–Trinajstić information content (AvgIpc) is 3.16. The van der Waals surface area contributed by atoms with Gasteiger partial charge in [0.2, 0.25) is 5.82 Å². The number of alkyl halides is 6. The zero-order valence-electron chi connectivity index (χ0n) is 14.9. The van der Waals surface area contributed by atoms with Crippen molar-refractivity contribution < 1.29 is 49.5 Å². The quantitative estimate of drug-likeness (QED) is 0.386.